The number of fused-ring (bicyclic) bond motifs is 2. The Hall–Kier alpha value is -6.92. The maximum absolute atomic E-state index is 13.4. The maximum Gasteiger partial charge on any atom is 0.313 e. The van der Waals surface area contributed by atoms with E-state index < -0.39 is 23.6 Å². The predicted molar refractivity (Wildman–Crippen MR) is 281 cm³/mol. The van der Waals surface area contributed by atoms with Crippen LogP contribution in [0.5, 0.6) is 0 Å². The molecule has 6 heterocycles. The molecule has 2 aromatic carbocycles. The van der Waals surface area contributed by atoms with Gasteiger partial charge in [-0.25, -0.2) is 9.97 Å². The van der Waals surface area contributed by atoms with Crippen LogP contribution in [0.3, 0.4) is 0 Å². The Morgan fingerprint density at radius 2 is 0.972 bits per heavy atom. The van der Waals surface area contributed by atoms with Crippen LogP contribution in [0.2, 0.25) is 0 Å². The molecule has 6 aromatic rings. The van der Waals surface area contributed by atoms with Gasteiger partial charge >= 0.3 is 23.6 Å². The largest absolute Gasteiger partial charge is 0.383 e. The van der Waals surface area contributed by atoms with Crippen molar-refractivity contribution in [3.05, 3.63) is 95.6 Å². The van der Waals surface area contributed by atoms with Gasteiger partial charge in [-0.2, -0.15) is 10.2 Å². The topological polar surface area (TPSA) is 219 Å². The summed E-state index contributed by atoms with van der Waals surface area (Å²) in [6.45, 7) is 8.77. The van der Waals surface area contributed by atoms with Gasteiger partial charge in [-0.1, -0.05) is 26.0 Å². The summed E-state index contributed by atoms with van der Waals surface area (Å²) in [5, 5.41) is 16.7. The first-order valence-corrected chi connectivity index (χ1v) is 25.5. The molecule has 4 atom stereocenters. The summed E-state index contributed by atoms with van der Waals surface area (Å²) >= 11 is 0. The molecule has 0 radical (unpaired) electrons. The summed E-state index contributed by atoms with van der Waals surface area (Å²) < 4.78 is 4.02. The number of nitrogens with two attached hydrogens (primary N) is 2. The summed E-state index contributed by atoms with van der Waals surface area (Å²) in [5.41, 5.74) is 19.1. The lowest BCUT2D eigenvalue weighted by Crippen LogP contribution is -2.46. The summed E-state index contributed by atoms with van der Waals surface area (Å²) in [6.07, 6.45) is 14.7. The summed E-state index contributed by atoms with van der Waals surface area (Å²) in [6, 6.07) is 15.9. The average Bonchev–Trinajstić information content (AvgIpc) is 4.31. The van der Waals surface area contributed by atoms with E-state index in [0.717, 1.165) is 122 Å². The van der Waals surface area contributed by atoms with E-state index in [0.29, 0.717) is 59.8 Å². The van der Waals surface area contributed by atoms with E-state index in [1.165, 1.54) is 12.4 Å². The summed E-state index contributed by atoms with van der Waals surface area (Å²) in [4.78, 5) is 69.0. The monoisotopic (exact) mass is 979 g/mol. The van der Waals surface area contributed by atoms with Gasteiger partial charge in [0.2, 0.25) is 0 Å². The van der Waals surface area contributed by atoms with Gasteiger partial charge in [0.25, 0.3) is 0 Å². The van der Waals surface area contributed by atoms with Gasteiger partial charge in [0.1, 0.15) is 11.6 Å². The second-order valence-electron chi connectivity index (χ2n) is 21.1. The molecular formula is C54H70N14O4. The standard InChI is InChI=1S/2C27H35N7O2/c2*1-17-4-8-23(19-7-9-24-20(12-19)14-30-34(24)11-10-32(2)3)33(16-17)27(36)26(35)31-21-13-22(18-5-6-18)25(28)29-15-21/h2*7,9,12-15,17-18,23H,4-6,8,10-11,16H2,1-3H3,(H2,28,29)(H,31,35)/t17-,23+;17-,23-/m00/s1. The summed E-state index contributed by atoms with van der Waals surface area (Å²) in [5.74, 6) is 0.139. The van der Waals surface area contributed by atoms with Gasteiger partial charge in [-0.15, -0.1) is 0 Å². The normalized spacial score (nSPS) is 20.2. The van der Waals surface area contributed by atoms with Gasteiger partial charge in [0.15, 0.2) is 0 Å². The minimum absolute atomic E-state index is 0.152. The van der Waals surface area contributed by atoms with Crippen LogP contribution in [-0.2, 0) is 32.3 Å². The van der Waals surface area contributed by atoms with Gasteiger partial charge in [0, 0.05) is 37.0 Å². The minimum atomic E-state index is -0.639. The highest BCUT2D eigenvalue weighted by Crippen LogP contribution is 2.44. The molecule has 72 heavy (non-hydrogen) atoms. The number of likely N-dealkylation sites (N-methyl/N-ethyl adjacent to an activating group) is 2. The van der Waals surface area contributed by atoms with Crippen molar-refractivity contribution in [3.63, 3.8) is 0 Å². The molecule has 4 aliphatic rings. The lowest BCUT2D eigenvalue weighted by molar-refractivity contribution is -0.146. The molecule has 0 bridgehead atoms. The molecule has 2 saturated carbocycles. The highest BCUT2D eigenvalue weighted by molar-refractivity contribution is 6.40. The van der Waals surface area contributed by atoms with E-state index in [1.807, 2.05) is 62.1 Å². The smallest absolute Gasteiger partial charge is 0.313 e. The van der Waals surface area contributed by atoms with E-state index in [4.69, 9.17) is 11.5 Å². The van der Waals surface area contributed by atoms with Crippen LogP contribution in [0.4, 0.5) is 23.0 Å². The maximum atomic E-state index is 13.4. The first-order chi connectivity index (χ1) is 34.6. The molecule has 2 aliphatic heterocycles. The van der Waals surface area contributed by atoms with Crippen molar-refractivity contribution < 1.29 is 19.2 Å². The number of rotatable bonds is 12. The molecule has 0 spiro atoms. The number of carbonyl (C=O) groups is 4. The van der Waals surface area contributed by atoms with Gasteiger partial charge in [-0.3, -0.25) is 28.5 Å². The Morgan fingerprint density at radius 1 is 0.569 bits per heavy atom. The molecule has 10 rings (SSSR count). The fourth-order valence-corrected chi connectivity index (χ4v) is 10.2. The van der Waals surface area contributed by atoms with E-state index >= 15 is 0 Å². The molecule has 6 N–H and O–H groups in total. The van der Waals surface area contributed by atoms with Crippen molar-refractivity contribution in [1.82, 2.24) is 49.1 Å². The Morgan fingerprint density at radius 3 is 1.35 bits per heavy atom. The lowest BCUT2D eigenvalue weighted by atomic mass is 9.89. The predicted octanol–water partition coefficient (Wildman–Crippen LogP) is 6.78. The number of hydrogen-bond donors (Lipinski definition) is 4. The second kappa shape index (κ2) is 21.4. The first-order valence-electron chi connectivity index (χ1n) is 25.5. The molecular weight excluding hydrogens is 909 g/mol. The van der Waals surface area contributed by atoms with Crippen LogP contribution in [-0.4, -0.2) is 127 Å². The molecule has 2 saturated heterocycles. The van der Waals surface area contributed by atoms with Crippen molar-refractivity contribution in [2.24, 2.45) is 11.8 Å². The van der Waals surface area contributed by atoms with E-state index in [9.17, 15) is 19.2 Å². The number of pyridine rings is 2. The van der Waals surface area contributed by atoms with Crippen molar-refractivity contribution in [3.8, 4) is 0 Å². The Bertz CT molecular complexity index is 2760. The Balaban J connectivity index is 0.000000178. The van der Waals surface area contributed by atoms with Crippen LogP contribution >= 0.6 is 0 Å². The third-order valence-corrected chi connectivity index (χ3v) is 14.6. The van der Waals surface area contributed by atoms with Crippen molar-refractivity contribution in [1.29, 1.82) is 0 Å². The van der Waals surface area contributed by atoms with E-state index in [1.54, 1.807) is 9.80 Å². The van der Waals surface area contributed by atoms with Crippen LogP contribution in [0, 0.1) is 11.8 Å². The second-order valence-corrected chi connectivity index (χ2v) is 21.1. The number of hydrogen-bond acceptors (Lipinski definition) is 12. The lowest BCUT2D eigenvalue weighted by Gasteiger charge is -2.38. The van der Waals surface area contributed by atoms with E-state index in [2.05, 4.69) is 90.8 Å². The highest BCUT2D eigenvalue weighted by Gasteiger charge is 2.37. The highest BCUT2D eigenvalue weighted by atomic mass is 16.2. The number of aromatic nitrogens is 6. The molecule has 18 nitrogen and oxygen atoms in total. The Kier molecular flexibility index (Phi) is 14.9. The number of nitrogens with one attached hydrogen (secondary N) is 2. The number of nitrogens with zero attached hydrogens (tertiary/aromatic N) is 10. The Labute approximate surface area is 421 Å². The zero-order valence-corrected chi connectivity index (χ0v) is 42.6. The molecule has 4 aromatic heterocycles. The minimum Gasteiger partial charge on any atom is -0.383 e. The molecule has 4 amide bonds. The molecule has 18 heteroatoms. The fraction of sp³-hybridized carbons (Fsp3) is 0.481. The zero-order valence-electron chi connectivity index (χ0n) is 42.6. The fourth-order valence-electron chi connectivity index (χ4n) is 10.2. The number of piperidine rings is 2. The molecule has 0 unspecified atom stereocenters. The number of likely N-dealkylation sites (tertiary alicyclic amines) is 2. The molecule has 380 valence electrons. The number of amides is 4. The number of nitrogen functional groups attached to an aromatic ring is 2. The number of benzene rings is 2. The van der Waals surface area contributed by atoms with Gasteiger partial charge in [-0.05, 0) is 162 Å². The van der Waals surface area contributed by atoms with Crippen LogP contribution < -0.4 is 22.1 Å². The zero-order chi connectivity index (χ0) is 50.8. The molecule has 2 aliphatic carbocycles. The van der Waals surface area contributed by atoms with Crippen molar-refractivity contribution in [2.45, 2.75) is 102 Å². The van der Waals surface area contributed by atoms with Crippen LogP contribution in [0.15, 0.2) is 73.3 Å². The SMILES string of the molecule is C[C@H]1CC[C@@H](c2ccc3c(cnn3CCN(C)C)c2)N(C(=O)C(=O)Nc2cnc(N)c(C3CC3)c2)C1.C[C@H]1CC[C@H](c2ccc3c(cnn3CCN(C)C)c2)N(C(=O)C(=O)Nc2cnc(N)c(C3CC3)c2)C1. The summed E-state index contributed by atoms with van der Waals surface area (Å²) in [7, 11) is 8.19. The number of carbonyl (C=O) groups excluding carboxylic acids is 4. The van der Waals surface area contributed by atoms with Crippen molar-refractivity contribution >= 4 is 68.4 Å². The van der Waals surface area contributed by atoms with Crippen LogP contribution in [0.1, 0.15) is 111 Å². The molecule has 4 fully saturated rings. The van der Waals surface area contributed by atoms with Gasteiger partial charge < -0.3 is 41.7 Å². The third kappa shape index (κ3) is 11.5. The first kappa shape index (κ1) is 50.0. The number of anilines is 4. The quantitative estimate of drug-likeness (QED) is 0.0933. The van der Waals surface area contributed by atoms with E-state index in [-0.39, 0.29) is 12.1 Å². The third-order valence-electron chi connectivity index (χ3n) is 14.6. The average molecular weight is 979 g/mol. The van der Waals surface area contributed by atoms with Crippen LogP contribution in [0.25, 0.3) is 21.8 Å². The van der Waals surface area contributed by atoms with Gasteiger partial charge in [0.05, 0.1) is 72.4 Å². The van der Waals surface area contributed by atoms with Crippen molar-refractivity contribution in [2.75, 3.05) is 76.5 Å².